The molecule has 0 aliphatic carbocycles. The van der Waals surface area contributed by atoms with E-state index in [9.17, 15) is 0 Å². The smallest absolute Gasteiger partial charge is 0.169 e. The SMILES string of the molecule is Cc1cc(-c2cc(N)no2)c(C)c(C)c1C. The summed E-state index contributed by atoms with van der Waals surface area (Å²) in [5, 5.41) is 3.72. The van der Waals surface area contributed by atoms with Crippen molar-refractivity contribution in [3.05, 3.63) is 34.4 Å². The molecular formula is C13H16N2O. The molecule has 16 heavy (non-hydrogen) atoms. The molecule has 1 aromatic carbocycles. The normalized spacial score (nSPS) is 10.8. The Morgan fingerprint density at radius 3 is 2.25 bits per heavy atom. The van der Waals surface area contributed by atoms with Crippen LogP contribution in [0.2, 0.25) is 0 Å². The van der Waals surface area contributed by atoms with E-state index in [1.807, 2.05) is 0 Å². The van der Waals surface area contributed by atoms with Gasteiger partial charge in [0.15, 0.2) is 11.6 Å². The first kappa shape index (κ1) is 10.7. The number of nitrogen functional groups attached to an aromatic ring is 1. The molecule has 0 spiro atoms. The van der Waals surface area contributed by atoms with E-state index in [-0.39, 0.29) is 0 Å². The molecule has 0 amide bonds. The second-order valence-corrected chi connectivity index (χ2v) is 4.23. The average molecular weight is 216 g/mol. The van der Waals surface area contributed by atoms with Crippen molar-refractivity contribution in [1.82, 2.24) is 5.16 Å². The van der Waals surface area contributed by atoms with Gasteiger partial charge in [0.05, 0.1) is 0 Å². The minimum Gasteiger partial charge on any atom is -0.381 e. The number of hydrogen-bond donors (Lipinski definition) is 1. The van der Waals surface area contributed by atoms with Gasteiger partial charge in [-0.15, -0.1) is 0 Å². The van der Waals surface area contributed by atoms with Gasteiger partial charge in [0.1, 0.15) is 0 Å². The van der Waals surface area contributed by atoms with Gasteiger partial charge in [0.2, 0.25) is 0 Å². The van der Waals surface area contributed by atoms with Crippen LogP contribution in [0.5, 0.6) is 0 Å². The van der Waals surface area contributed by atoms with E-state index in [4.69, 9.17) is 10.3 Å². The molecule has 0 fully saturated rings. The number of hydrogen-bond acceptors (Lipinski definition) is 3. The van der Waals surface area contributed by atoms with Crippen LogP contribution in [0.15, 0.2) is 16.7 Å². The van der Waals surface area contributed by atoms with E-state index < -0.39 is 0 Å². The molecule has 2 rings (SSSR count). The zero-order valence-corrected chi connectivity index (χ0v) is 10.1. The fraction of sp³-hybridized carbons (Fsp3) is 0.308. The van der Waals surface area contributed by atoms with Crippen molar-refractivity contribution in [2.45, 2.75) is 27.7 Å². The highest BCUT2D eigenvalue weighted by molar-refractivity contribution is 5.67. The molecule has 1 heterocycles. The molecule has 3 nitrogen and oxygen atoms in total. The third-order valence-electron chi connectivity index (χ3n) is 3.28. The molecule has 0 bridgehead atoms. The van der Waals surface area contributed by atoms with Crippen LogP contribution in [0.1, 0.15) is 22.3 Å². The Morgan fingerprint density at radius 2 is 1.69 bits per heavy atom. The average Bonchev–Trinajstić information content (AvgIpc) is 2.67. The zero-order chi connectivity index (χ0) is 11.9. The number of aryl methyl sites for hydroxylation is 1. The maximum Gasteiger partial charge on any atom is 0.169 e. The van der Waals surface area contributed by atoms with E-state index in [1.165, 1.54) is 22.3 Å². The summed E-state index contributed by atoms with van der Waals surface area (Å²) in [4.78, 5) is 0. The zero-order valence-electron chi connectivity index (χ0n) is 10.1. The predicted molar refractivity (Wildman–Crippen MR) is 65.3 cm³/mol. The van der Waals surface area contributed by atoms with Crippen LogP contribution in [0.3, 0.4) is 0 Å². The molecule has 0 radical (unpaired) electrons. The minimum absolute atomic E-state index is 0.422. The highest BCUT2D eigenvalue weighted by Crippen LogP contribution is 2.30. The molecule has 2 aromatic rings. The van der Waals surface area contributed by atoms with Gasteiger partial charge in [-0.3, -0.25) is 0 Å². The highest BCUT2D eigenvalue weighted by atomic mass is 16.5. The van der Waals surface area contributed by atoms with Crippen molar-refractivity contribution in [1.29, 1.82) is 0 Å². The highest BCUT2D eigenvalue weighted by Gasteiger charge is 2.12. The number of anilines is 1. The number of rotatable bonds is 1. The van der Waals surface area contributed by atoms with Gasteiger partial charge in [-0.25, -0.2) is 0 Å². The molecule has 1 aromatic heterocycles. The molecule has 0 saturated heterocycles. The van der Waals surface area contributed by atoms with Crippen molar-refractivity contribution in [2.75, 3.05) is 5.73 Å². The summed E-state index contributed by atoms with van der Waals surface area (Å²) < 4.78 is 5.21. The summed E-state index contributed by atoms with van der Waals surface area (Å²) >= 11 is 0. The molecular weight excluding hydrogens is 200 g/mol. The van der Waals surface area contributed by atoms with Crippen LogP contribution >= 0.6 is 0 Å². The Labute approximate surface area is 95.3 Å². The Balaban J connectivity index is 2.66. The van der Waals surface area contributed by atoms with Crippen molar-refractivity contribution in [3.63, 3.8) is 0 Å². The second-order valence-electron chi connectivity index (χ2n) is 4.23. The maximum atomic E-state index is 5.57. The molecule has 84 valence electrons. The lowest BCUT2D eigenvalue weighted by molar-refractivity contribution is 0.435. The van der Waals surface area contributed by atoms with Crippen LogP contribution in [-0.2, 0) is 0 Å². The first-order valence-electron chi connectivity index (χ1n) is 5.30. The first-order valence-corrected chi connectivity index (χ1v) is 5.30. The monoisotopic (exact) mass is 216 g/mol. The molecule has 0 aliphatic heterocycles. The summed E-state index contributed by atoms with van der Waals surface area (Å²) in [7, 11) is 0. The number of nitrogens with zero attached hydrogens (tertiary/aromatic N) is 1. The van der Waals surface area contributed by atoms with Crippen molar-refractivity contribution >= 4 is 5.82 Å². The largest absolute Gasteiger partial charge is 0.381 e. The lowest BCUT2D eigenvalue weighted by Crippen LogP contribution is -1.93. The lowest BCUT2D eigenvalue weighted by Gasteiger charge is -2.11. The summed E-state index contributed by atoms with van der Waals surface area (Å²) in [6, 6.07) is 3.88. The van der Waals surface area contributed by atoms with Crippen molar-refractivity contribution < 1.29 is 4.52 Å². The van der Waals surface area contributed by atoms with E-state index in [2.05, 4.69) is 38.9 Å². The van der Waals surface area contributed by atoms with E-state index in [0.717, 1.165) is 11.3 Å². The second kappa shape index (κ2) is 3.67. The fourth-order valence-corrected chi connectivity index (χ4v) is 1.88. The lowest BCUT2D eigenvalue weighted by atomic mass is 9.93. The van der Waals surface area contributed by atoms with E-state index in [0.29, 0.717) is 5.82 Å². The number of aromatic nitrogens is 1. The summed E-state index contributed by atoms with van der Waals surface area (Å²) in [6.45, 7) is 8.46. The number of benzene rings is 1. The van der Waals surface area contributed by atoms with Gasteiger partial charge in [-0.1, -0.05) is 5.16 Å². The van der Waals surface area contributed by atoms with Gasteiger partial charge in [-0.05, 0) is 56.0 Å². The van der Waals surface area contributed by atoms with Crippen molar-refractivity contribution in [2.24, 2.45) is 0 Å². The molecule has 0 atom stereocenters. The third kappa shape index (κ3) is 1.58. The molecule has 0 saturated carbocycles. The first-order chi connectivity index (χ1) is 7.50. The Hall–Kier alpha value is -1.77. The minimum atomic E-state index is 0.422. The van der Waals surface area contributed by atoms with Gasteiger partial charge in [0.25, 0.3) is 0 Å². The summed E-state index contributed by atoms with van der Waals surface area (Å²) in [5.74, 6) is 1.16. The third-order valence-corrected chi connectivity index (χ3v) is 3.28. The Kier molecular flexibility index (Phi) is 2.46. The van der Waals surface area contributed by atoms with Crippen LogP contribution in [0, 0.1) is 27.7 Å². The number of nitrogens with two attached hydrogens (primary N) is 1. The van der Waals surface area contributed by atoms with Gasteiger partial charge >= 0.3 is 0 Å². The van der Waals surface area contributed by atoms with Crippen LogP contribution in [0.4, 0.5) is 5.82 Å². The molecule has 3 heteroatoms. The Bertz CT molecular complexity index is 541. The summed E-state index contributed by atoms with van der Waals surface area (Å²) in [5.41, 5.74) is 11.7. The Morgan fingerprint density at radius 1 is 1.00 bits per heavy atom. The quantitative estimate of drug-likeness (QED) is 0.796. The van der Waals surface area contributed by atoms with E-state index in [1.54, 1.807) is 6.07 Å². The molecule has 0 aliphatic rings. The topological polar surface area (TPSA) is 52.0 Å². The van der Waals surface area contributed by atoms with Crippen LogP contribution < -0.4 is 5.73 Å². The summed E-state index contributed by atoms with van der Waals surface area (Å²) in [6.07, 6.45) is 0. The van der Waals surface area contributed by atoms with Crippen LogP contribution in [-0.4, -0.2) is 5.16 Å². The van der Waals surface area contributed by atoms with E-state index >= 15 is 0 Å². The fourth-order valence-electron chi connectivity index (χ4n) is 1.88. The van der Waals surface area contributed by atoms with Crippen molar-refractivity contribution in [3.8, 4) is 11.3 Å². The molecule has 2 N–H and O–H groups in total. The molecule has 0 unspecified atom stereocenters. The van der Waals surface area contributed by atoms with Crippen LogP contribution in [0.25, 0.3) is 11.3 Å². The predicted octanol–water partition coefficient (Wildman–Crippen LogP) is 3.16. The maximum absolute atomic E-state index is 5.57. The van der Waals surface area contributed by atoms with Gasteiger partial charge in [0, 0.05) is 11.6 Å². The standard InChI is InChI=1S/C13H16N2O/c1-7-5-11(10(4)9(3)8(7)2)12-6-13(14)15-16-12/h5-6H,1-4H3,(H2,14,15). The van der Waals surface area contributed by atoms with Gasteiger partial charge < -0.3 is 10.3 Å². The van der Waals surface area contributed by atoms with Gasteiger partial charge in [-0.2, -0.15) is 0 Å².